The monoisotopic (exact) mass is 229 g/mol. The second kappa shape index (κ2) is 3.87. The molecule has 0 aliphatic carbocycles. The average molecular weight is 230 g/mol. The number of halogens is 1. The zero-order valence-electron chi connectivity index (χ0n) is 8.38. The SMILES string of the molecule is CC1(NC(=O)c2ccoc2Cl)CCOC1. The van der Waals surface area contributed by atoms with Gasteiger partial charge >= 0.3 is 0 Å². The Morgan fingerprint density at radius 3 is 3.00 bits per heavy atom. The van der Waals surface area contributed by atoms with E-state index in [4.69, 9.17) is 20.8 Å². The van der Waals surface area contributed by atoms with Gasteiger partial charge in [-0.3, -0.25) is 4.79 Å². The molecule has 1 saturated heterocycles. The first-order valence-electron chi connectivity index (χ1n) is 4.74. The maximum atomic E-state index is 11.8. The summed E-state index contributed by atoms with van der Waals surface area (Å²) in [5.74, 6) is -0.221. The van der Waals surface area contributed by atoms with E-state index in [1.807, 2.05) is 6.92 Å². The molecule has 0 aromatic carbocycles. The van der Waals surface area contributed by atoms with Crippen LogP contribution in [-0.4, -0.2) is 24.7 Å². The first kappa shape index (κ1) is 10.5. The minimum atomic E-state index is -0.294. The molecular formula is C10H12ClNO3. The summed E-state index contributed by atoms with van der Waals surface area (Å²) in [5, 5.41) is 3.01. The fourth-order valence-corrected chi connectivity index (χ4v) is 1.76. The van der Waals surface area contributed by atoms with Gasteiger partial charge in [0.05, 0.1) is 24.0 Å². The molecule has 2 rings (SSSR count). The first-order valence-corrected chi connectivity index (χ1v) is 5.12. The number of hydrogen-bond acceptors (Lipinski definition) is 3. The van der Waals surface area contributed by atoms with Crippen LogP contribution in [0.15, 0.2) is 16.7 Å². The summed E-state index contributed by atoms with van der Waals surface area (Å²) >= 11 is 5.71. The quantitative estimate of drug-likeness (QED) is 0.842. The fourth-order valence-electron chi connectivity index (χ4n) is 1.56. The van der Waals surface area contributed by atoms with Crippen LogP contribution in [0.2, 0.25) is 5.22 Å². The van der Waals surface area contributed by atoms with Crippen LogP contribution in [0.3, 0.4) is 0 Å². The van der Waals surface area contributed by atoms with Crippen molar-refractivity contribution in [3.8, 4) is 0 Å². The van der Waals surface area contributed by atoms with E-state index in [9.17, 15) is 4.79 Å². The molecule has 0 saturated carbocycles. The van der Waals surface area contributed by atoms with Gasteiger partial charge in [-0.05, 0) is 31.0 Å². The molecule has 1 aromatic rings. The lowest BCUT2D eigenvalue weighted by molar-refractivity contribution is 0.0889. The van der Waals surface area contributed by atoms with Crippen molar-refractivity contribution in [3.05, 3.63) is 23.1 Å². The third-order valence-corrected chi connectivity index (χ3v) is 2.79. The number of carbonyl (C=O) groups is 1. The highest BCUT2D eigenvalue weighted by Crippen LogP contribution is 2.21. The standard InChI is InChI=1S/C10H12ClNO3/c1-10(3-5-14-6-10)12-9(13)7-2-4-15-8(7)11/h2,4H,3,5-6H2,1H3,(H,12,13). The van der Waals surface area contributed by atoms with Crippen LogP contribution in [0.1, 0.15) is 23.7 Å². The molecule has 1 atom stereocenters. The predicted octanol–water partition coefficient (Wildman–Crippen LogP) is 1.84. The van der Waals surface area contributed by atoms with E-state index in [-0.39, 0.29) is 16.7 Å². The molecule has 0 bridgehead atoms. The van der Waals surface area contributed by atoms with E-state index < -0.39 is 0 Å². The Morgan fingerprint density at radius 2 is 2.47 bits per heavy atom. The van der Waals surface area contributed by atoms with Crippen molar-refractivity contribution in [2.75, 3.05) is 13.2 Å². The zero-order chi connectivity index (χ0) is 10.9. The van der Waals surface area contributed by atoms with E-state index >= 15 is 0 Å². The summed E-state index contributed by atoms with van der Waals surface area (Å²) in [5.41, 5.74) is 0.0716. The van der Waals surface area contributed by atoms with Crippen molar-refractivity contribution in [1.82, 2.24) is 5.32 Å². The third kappa shape index (κ3) is 2.16. The van der Waals surface area contributed by atoms with Crippen LogP contribution in [0.4, 0.5) is 0 Å². The van der Waals surface area contributed by atoms with E-state index in [2.05, 4.69) is 5.32 Å². The Balaban J connectivity index is 2.07. The number of ether oxygens (including phenoxy) is 1. The van der Waals surface area contributed by atoms with Crippen molar-refractivity contribution in [1.29, 1.82) is 0 Å². The lowest BCUT2D eigenvalue weighted by Crippen LogP contribution is -2.46. The van der Waals surface area contributed by atoms with Crippen molar-refractivity contribution >= 4 is 17.5 Å². The average Bonchev–Trinajstić information content (AvgIpc) is 2.74. The van der Waals surface area contributed by atoms with Crippen molar-refractivity contribution in [2.24, 2.45) is 0 Å². The van der Waals surface area contributed by atoms with Gasteiger partial charge in [-0.25, -0.2) is 0 Å². The summed E-state index contributed by atoms with van der Waals surface area (Å²) in [6.07, 6.45) is 2.21. The van der Waals surface area contributed by atoms with Gasteiger partial charge in [0, 0.05) is 6.61 Å². The maximum Gasteiger partial charge on any atom is 0.256 e. The zero-order valence-corrected chi connectivity index (χ0v) is 9.13. The highest BCUT2D eigenvalue weighted by Gasteiger charge is 2.32. The molecule has 82 valence electrons. The van der Waals surface area contributed by atoms with Gasteiger partial charge in [0.25, 0.3) is 5.91 Å². The molecule has 4 nitrogen and oxygen atoms in total. The second-order valence-electron chi connectivity index (χ2n) is 3.93. The highest BCUT2D eigenvalue weighted by atomic mass is 35.5. The van der Waals surface area contributed by atoms with Crippen molar-refractivity contribution in [2.45, 2.75) is 18.9 Å². The molecule has 1 aliphatic rings. The second-order valence-corrected chi connectivity index (χ2v) is 4.27. The Hall–Kier alpha value is -1.00. The lowest BCUT2D eigenvalue weighted by atomic mass is 10.0. The topological polar surface area (TPSA) is 51.5 Å². The van der Waals surface area contributed by atoms with Gasteiger partial charge in [-0.15, -0.1) is 0 Å². The largest absolute Gasteiger partial charge is 0.452 e. The molecule has 1 aromatic heterocycles. The van der Waals surface area contributed by atoms with E-state index in [0.717, 1.165) is 6.42 Å². The molecule has 1 aliphatic heterocycles. The minimum Gasteiger partial charge on any atom is -0.452 e. The van der Waals surface area contributed by atoms with Crippen LogP contribution in [0, 0.1) is 0 Å². The minimum absolute atomic E-state index is 0.120. The van der Waals surface area contributed by atoms with Gasteiger partial charge in [-0.1, -0.05) is 0 Å². The number of furan rings is 1. The molecule has 0 spiro atoms. The van der Waals surface area contributed by atoms with Crippen LogP contribution in [0.5, 0.6) is 0 Å². The van der Waals surface area contributed by atoms with Gasteiger partial charge in [-0.2, -0.15) is 0 Å². The number of carbonyl (C=O) groups excluding carboxylic acids is 1. The molecule has 5 heteroatoms. The van der Waals surface area contributed by atoms with Crippen LogP contribution >= 0.6 is 11.6 Å². The number of amides is 1. The van der Waals surface area contributed by atoms with Crippen LogP contribution in [-0.2, 0) is 4.74 Å². The summed E-state index contributed by atoms with van der Waals surface area (Å²) in [4.78, 5) is 11.8. The van der Waals surface area contributed by atoms with Gasteiger partial charge < -0.3 is 14.5 Å². The number of nitrogens with one attached hydrogen (secondary N) is 1. The summed E-state index contributed by atoms with van der Waals surface area (Å²) < 4.78 is 10.1. The Kier molecular flexibility index (Phi) is 2.71. The first-order chi connectivity index (χ1) is 7.11. The Labute approximate surface area is 92.5 Å². The normalized spacial score (nSPS) is 25.5. The molecule has 1 unspecified atom stereocenters. The van der Waals surface area contributed by atoms with Crippen LogP contribution in [0.25, 0.3) is 0 Å². The van der Waals surface area contributed by atoms with Gasteiger partial charge in [0.1, 0.15) is 0 Å². The molecule has 0 radical (unpaired) electrons. The maximum absolute atomic E-state index is 11.8. The van der Waals surface area contributed by atoms with E-state index in [1.165, 1.54) is 6.26 Å². The smallest absolute Gasteiger partial charge is 0.256 e. The molecule has 15 heavy (non-hydrogen) atoms. The number of hydrogen-bond donors (Lipinski definition) is 1. The lowest BCUT2D eigenvalue weighted by Gasteiger charge is -2.23. The third-order valence-electron chi connectivity index (χ3n) is 2.50. The number of rotatable bonds is 2. The fraction of sp³-hybridized carbons (Fsp3) is 0.500. The van der Waals surface area contributed by atoms with Crippen molar-refractivity contribution < 1.29 is 13.9 Å². The molecule has 2 heterocycles. The molecule has 1 amide bonds. The van der Waals surface area contributed by atoms with E-state index in [1.54, 1.807) is 6.07 Å². The summed E-state index contributed by atoms with van der Waals surface area (Å²) in [6.45, 7) is 3.16. The molecular weight excluding hydrogens is 218 g/mol. The molecule has 1 N–H and O–H groups in total. The summed E-state index contributed by atoms with van der Waals surface area (Å²) in [7, 11) is 0. The van der Waals surface area contributed by atoms with Crippen LogP contribution < -0.4 is 5.32 Å². The van der Waals surface area contributed by atoms with Gasteiger partial charge in [0.2, 0.25) is 5.22 Å². The summed E-state index contributed by atoms with van der Waals surface area (Å²) in [6, 6.07) is 1.55. The van der Waals surface area contributed by atoms with Gasteiger partial charge in [0.15, 0.2) is 0 Å². The Morgan fingerprint density at radius 1 is 1.67 bits per heavy atom. The predicted molar refractivity (Wildman–Crippen MR) is 55.0 cm³/mol. The van der Waals surface area contributed by atoms with Crippen molar-refractivity contribution in [3.63, 3.8) is 0 Å². The van der Waals surface area contributed by atoms with E-state index in [0.29, 0.717) is 18.8 Å². The molecule has 1 fully saturated rings. The Bertz CT molecular complexity index is 368. The highest BCUT2D eigenvalue weighted by molar-refractivity contribution is 6.32.